The normalized spacial score (nSPS) is 12.4. The van der Waals surface area contributed by atoms with Crippen LogP contribution in [0.4, 0.5) is 5.69 Å². The van der Waals surface area contributed by atoms with Crippen molar-refractivity contribution in [2.24, 2.45) is 0 Å². The van der Waals surface area contributed by atoms with E-state index in [9.17, 15) is 4.79 Å². The van der Waals surface area contributed by atoms with Crippen molar-refractivity contribution < 1.29 is 9.21 Å². The molecule has 0 unspecified atom stereocenters. The molecule has 0 aliphatic rings. The lowest BCUT2D eigenvalue weighted by Crippen LogP contribution is -2.56. The van der Waals surface area contributed by atoms with Crippen LogP contribution in [0.3, 0.4) is 0 Å². The molecule has 3 N–H and O–H groups in total. The smallest absolute Gasteiger partial charge is 0.288 e. The first-order valence-electron chi connectivity index (χ1n) is 7.80. The van der Waals surface area contributed by atoms with Gasteiger partial charge in [0.15, 0.2) is 10.9 Å². The van der Waals surface area contributed by atoms with E-state index >= 15 is 0 Å². The fourth-order valence-electron chi connectivity index (χ4n) is 2.38. The summed E-state index contributed by atoms with van der Waals surface area (Å²) in [5, 5.41) is 10.7. The lowest BCUT2D eigenvalue weighted by Gasteiger charge is -2.27. The number of halogens is 3. The number of carbonyl (C=O) groups excluding carboxylic acids is 1. The fraction of sp³-hybridized carbons (Fsp3) is 0.111. The molecular weight excluding hydrogens is 429 g/mol. The summed E-state index contributed by atoms with van der Waals surface area (Å²) in [5.74, 6) is -0.457. The van der Waals surface area contributed by atoms with E-state index in [1.165, 1.54) is 12.3 Å². The van der Waals surface area contributed by atoms with Crippen molar-refractivity contribution in [1.29, 1.82) is 0 Å². The number of hydrogen-bond acceptors (Lipinski definition) is 3. The second-order valence-corrected chi connectivity index (χ2v) is 8.36. The van der Waals surface area contributed by atoms with Gasteiger partial charge in [0.2, 0.25) is 3.79 Å². The average Bonchev–Trinajstić information content (AvgIpc) is 3.15. The molecule has 0 aliphatic carbocycles. The molecule has 3 rings (SSSR count). The highest BCUT2D eigenvalue weighted by molar-refractivity contribution is 7.80. The van der Waals surface area contributed by atoms with Crippen LogP contribution in [-0.2, 0) is 0 Å². The minimum atomic E-state index is -1.85. The van der Waals surface area contributed by atoms with Crippen LogP contribution in [0.2, 0.25) is 0 Å². The quantitative estimate of drug-likeness (QED) is 0.306. The van der Waals surface area contributed by atoms with Crippen LogP contribution < -0.4 is 16.0 Å². The zero-order chi connectivity index (χ0) is 19.4. The van der Waals surface area contributed by atoms with Gasteiger partial charge in [0.1, 0.15) is 6.17 Å². The van der Waals surface area contributed by atoms with Gasteiger partial charge in [0, 0.05) is 5.69 Å². The van der Waals surface area contributed by atoms with E-state index in [0.717, 1.165) is 16.5 Å². The van der Waals surface area contributed by atoms with Crippen molar-refractivity contribution in [3.63, 3.8) is 0 Å². The molecule has 0 radical (unpaired) electrons. The Morgan fingerprint density at radius 2 is 1.74 bits per heavy atom. The van der Waals surface area contributed by atoms with E-state index in [1.807, 2.05) is 42.5 Å². The summed E-state index contributed by atoms with van der Waals surface area (Å²) in [7, 11) is 0. The van der Waals surface area contributed by atoms with Gasteiger partial charge in [-0.25, -0.2) is 0 Å². The molecule has 0 saturated carbocycles. The van der Waals surface area contributed by atoms with Crippen LogP contribution in [0.1, 0.15) is 10.6 Å². The second kappa shape index (κ2) is 8.35. The Kier molecular flexibility index (Phi) is 6.11. The summed E-state index contributed by atoms with van der Waals surface area (Å²) in [4.78, 5) is 12.2. The van der Waals surface area contributed by atoms with Gasteiger partial charge in [0.05, 0.1) is 6.26 Å². The Balaban J connectivity index is 1.69. The highest BCUT2D eigenvalue weighted by atomic mass is 35.6. The second-order valence-electron chi connectivity index (χ2n) is 5.59. The first-order chi connectivity index (χ1) is 12.8. The Hall–Kier alpha value is -1.99. The summed E-state index contributed by atoms with van der Waals surface area (Å²) >= 11 is 23.2. The number of thiocarbonyl (C=S) groups is 1. The predicted molar refractivity (Wildman–Crippen MR) is 114 cm³/mol. The monoisotopic (exact) mass is 441 g/mol. The maximum absolute atomic E-state index is 12.2. The molecule has 1 amide bonds. The van der Waals surface area contributed by atoms with Gasteiger partial charge < -0.3 is 20.4 Å². The van der Waals surface area contributed by atoms with Crippen LogP contribution in [0.5, 0.6) is 0 Å². The summed E-state index contributed by atoms with van der Waals surface area (Å²) in [6.45, 7) is 0. The minimum Gasteiger partial charge on any atom is -0.459 e. The van der Waals surface area contributed by atoms with Gasteiger partial charge in [-0.15, -0.1) is 0 Å². The molecule has 2 aromatic carbocycles. The Labute approximate surface area is 176 Å². The number of furan rings is 1. The first-order valence-corrected chi connectivity index (χ1v) is 9.34. The average molecular weight is 443 g/mol. The highest BCUT2D eigenvalue weighted by Gasteiger charge is 2.35. The van der Waals surface area contributed by atoms with Gasteiger partial charge >= 0.3 is 0 Å². The van der Waals surface area contributed by atoms with Crippen molar-refractivity contribution in [2.45, 2.75) is 9.96 Å². The topological polar surface area (TPSA) is 66.3 Å². The van der Waals surface area contributed by atoms with Crippen molar-refractivity contribution in [1.82, 2.24) is 10.6 Å². The third-order valence-corrected chi connectivity index (χ3v) is 4.51. The Morgan fingerprint density at radius 3 is 2.41 bits per heavy atom. The van der Waals surface area contributed by atoms with Crippen molar-refractivity contribution in [2.75, 3.05) is 5.32 Å². The van der Waals surface area contributed by atoms with Gasteiger partial charge in [-0.2, -0.15) is 0 Å². The SMILES string of the molecule is O=C(N[C@@H](NC(=S)Nc1ccc2ccccc2c1)C(Cl)(Cl)Cl)c1ccco1. The van der Waals surface area contributed by atoms with Crippen LogP contribution in [0, 0.1) is 0 Å². The molecule has 27 heavy (non-hydrogen) atoms. The number of anilines is 1. The van der Waals surface area contributed by atoms with E-state index in [1.54, 1.807) is 6.07 Å². The number of carbonyl (C=O) groups is 1. The molecule has 5 nitrogen and oxygen atoms in total. The lowest BCUT2D eigenvalue weighted by molar-refractivity contribution is 0.0906. The summed E-state index contributed by atoms with van der Waals surface area (Å²) in [5.41, 5.74) is 0.756. The molecule has 0 fully saturated rings. The summed E-state index contributed by atoms with van der Waals surface area (Å²) in [6, 6.07) is 16.8. The van der Waals surface area contributed by atoms with Crippen LogP contribution >= 0.6 is 47.0 Å². The first kappa shape index (κ1) is 19.8. The molecule has 1 atom stereocenters. The molecule has 9 heteroatoms. The van der Waals surface area contributed by atoms with Gasteiger partial charge in [-0.1, -0.05) is 65.1 Å². The standard InChI is InChI=1S/C18H14Cl3N3O2S/c19-18(20,21)16(23-15(25)14-6-3-9-26-14)24-17(27)22-13-8-7-11-4-1-2-5-12(11)10-13/h1-10,16H,(H,23,25)(H2,22,24,27)/t16-/m0/s1. The molecule has 1 aromatic heterocycles. The predicted octanol–water partition coefficient (Wildman–Crippen LogP) is 4.85. The van der Waals surface area contributed by atoms with Crippen molar-refractivity contribution in [3.8, 4) is 0 Å². The third-order valence-electron chi connectivity index (χ3n) is 3.63. The lowest BCUT2D eigenvalue weighted by atomic mass is 10.1. The van der Waals surface area contributed by atoms with Crippen LogP contribution in [-0.4, -0.2) is 21.0 Å². The number of alkyl halides is 3. The number of rotatable bonds is 4. The number of amides is 1. The zero-order valence-electron chi connectivity index (χ0n) is 13.7. The maximum Gasteiger partial charge on any atom is 0.288 e. The number of hydrogen-bond donors (Lipinski definition) is 3. The number of benzene rings is 2. The number of nitrogens with one attached hydrogen (secondary N) is 3. The molecule has 140 valence electrons. The van der Waals surface area contributed by atoms with Gasteiger partial charge in [-0.05, 0) is 47.3 Å². The van der Waals surface area contributed by atoms with E-state index in [0.29, 0.717) is 0 Å². The molecule has 1 heterocycles. The van der Waals surface area contributed by atoms with E-state index in [2.05, 4.69) is 16.0 Å². The fourth-order valence-corrected chi connectivity index (χ4v) is 2.94. The molecule has 0 spiro atoms. The van der Waals surface area contributed by atoms with E-state index in [-0.39, 0.29) is 10.9 Å². The highest BCUT2D eigenvalue weighted by Crippen LogP contribution is 2.29. The Bertz CT molecular complexity index is 958. The van der Waals surface area contributed by atoms with Crippen molar-refractivity contribution in [3.05, 3.63) is 66.6 Å². The van der Waals surface area contributed by atoms with E-state index in [4.69, 9.17) is 51.4 Å². The minimum absolute atomic E-state index is 0.0875. The van der Waals surface area contributed by atoms with Gasteiger partial charge in [-0.3, -0.25) is 4.79 Å². The van der Waals surface area contributed by atoms with Gasteiger partial charge in [0.25, 0.3) is 5.91 Å². The molecule has 0 bridgehead atoms. The molecular formula is C18H14Cl3N3O2S. The van der Waals surface area contributed by atoms with Crippen LogP contribution in [0.15, 0.2) is 65.3 Å². The zero-order valence-corrected chi connectivity index (χ0v) is 16.8. The third kappa shape index (κ3) is 5.26. The summed E-state index contributed by atoms with van der Waals surface area (Å²) < 4.78 is 3.18. The molecule has 3 aromatic rings. The molecule has 0 saturated heterocycles. The molecule has 0 aliphatic heterocycles. The Morgan fingerprint density at radius 1 is 1.00 bits per heavy atom. The van der Waals surface area contributed by atoms with Crippen LogP contribution in [0.25, 0.3) is 10.8 Å². The summed E-state index contributed by atoms with van der Waals surface area (Å²) in [6.07, 6.45) is 0.291. The van der Waals surface area contributed by atoms with E-state index < -0.39 is 15.9 Å². The largest absolute Gasteiger partial charge is 0.459 e. The maximum atomic E-state index is 12.2. The number of fused-ring (bicyclic) bond motifs is 1. The van der Waals surface area contributed by atoms with Crippen molar-refractivity contribution >= 4 is 74.5 Å².